The molecule has 1 rings (SSSR count). The van der Waals surface area contributed by atoms with Gasteiger partial charge in [-0.15, -0.1) is 0 Å². The molecule has 0 fully saturated rings. The minimum Gasteiger partial charge on any atom is -0.398 e. The molecule has 0 bridgehead atoms. The van der Waals surface area contributed by atoms with Gasteiger partial charge in [-0.3, -0.25) is 9.59 Å². The highest BCUT2D eigenvalue weighted by molar-refractivity contribution is 5.79. The number of pyridine rings is 1. The number of hydrogen-bond acceptors (Lipinski definition) is 3. The Kier molecular flexibility index (Phi) is 3.14. The molecular weight excluding hydrogens is 194 g/mol. The molecule has 0 radical (unpaired) electrons. The van der Waals surface area contributed by atoms with Crippen molar-refractivity contribution < 1.29 is 4.79 Å². The van der Waals surface area contributed by atoms with Gasteiger partial charge in [0.25, 0.3) is 5.56 Å². The summed E-state index contributed by atoms with van der Waals surface area (Å²) in [4.78, 5) is 24.6. The van der Waals surface area contributed by atoms with Gasteiger partial charge in [-0.2, -0.15) is 0 Å². The number of carbonyl (C=O) groups excluding carboxylic acids is 1. The number of carbonyl (C=O) groups is 1. The number of aromatic nitrogens is 1. The summed E-state index contributed by atoms with van der Waals surface area (Å²) in [6.07, 6.45) is 1.48. The number of rotatable bonds is 2. The van der Waals surface area contributed by atoms with Gasteiger partial charge < -0.3 is 15.2 Å². The summed E-state index contributed by atoms with van der Waals surface area (Å²) in [6.45, 7) is 1.67. The van der Waals surface area contributed by atoms with Crippen molar-refractivity contribution in [1.29, 1.82) is 0 Å². The van der Waals surface area contributed by atoms with Crippen LogP contribution in [0.4, 0.5) is 5.69 Å². The van der Waals surface area contributed by atoms with Crippen molar-refractivity contribution in [2.45, 2.75) is 13.0 Å². The van der Waals surface area contributed by atoms with Crippen molar-refractivity contribution in [3.8, 4) is 0 Å². The molecular formula is C10H15N3O2. The van der Waals surface area contributed by atoms with Crippen LogP contribution in [-0.2, 0) is 4.79 Å². The van der Waals surface area contributed by atoms with E-state index in [2.05, 4.69) is 0 Å². The molecule has 82 valence electrons. The lowest BCUT2D eigenvalue weighted by molar-refractivity contribution is -0.131. The highest BCUT2D eigenvalue weighted by Gasteiger charge is 2.17. The first-order valence-corrected chi connectivity index (χ1v) is 4.62. The van der Waals surface area contributed by atoms with Crippen LogP contribution in [0, 0.1) is 0 Å². The summed E-state index contributed by atoms with van der Waals surface area (Å²) < 4.78 is 1.33. The number of hydrogen-bond donors (Lipinski definition) is 1. The van der Waals surface area contributed by atoms with E-state index in [1.54, 1.807) is 21.0 Å². The van der Waals surface area contributed by atoms with Gasteiger partial charge >= 0.3 is 0 Å². The quantitative estimate of drug-likeness (QED) is 0.750. The number of nitrogens with two attached hydrogens (primary N) is 1. The lowest BCUT2D eigenvalue weighted by atomic mass is 10.2. The van der Waals surface area contributed by atoms with E-state index in [1.807, 2.05) is 0 Å². The first-order valence-electron chi connectivity index (χ1n) is 4.62. The standard InChI is InChI=1S/C10H15N3O2/c1-7(10(15)12(2)3)13-6-8(11)4-5-9(13)14/h4-7H,11H2,1-3H3. The zero-order chi connectivity index (χ0) is 11.6. The van der Waals surface area contributed by atoms with Gasteiger partial charge in [-0.25, -0.2) is 0 Å². The fourth-order valence-electron chi connectivity index (χ4n) is 1.32. The minimum atomic E-state index is -0.531. The summed E-state index contributed by atoms with van der Waals surface area (Å²) in [6, 6.07) is 2.34. The molecule has 1 atom stereocenters. The molecule has 2 N–H and O–H groups in total. The van der Waals surface area contributed by atoms with Crippen molar-refractivity contribution in [3.63, 3.8) is 0 Å². The van der Waals surface area contributed by atoms with Crippen molar-refractivity contribution in [1.82, 2.24) is 9.47 Å². The summed E-state index contributed by atoms with van der Waals surface area (Å²) in [5, 5.41) is 0. The first-order chi connectivity index (χ1) is 6.93. The van der Waals surface area contributed by atoms with Crippen LogP contribution in [0.1, 0.15) is 13.0 Å². The van der Waals surface area contributed by atoms with Crippen LogP contribution in [0.5, 0.6) is 0 Å². The van der Waals surface area contributed by atoms with Gasteiger partial charge in [0.15, 0.2) is 0 Å². The molecule has 0 aliphatic heterocycles. The number of nitrogens with zero attached hydrogens (tertiary/aromatic N) is 2. The molecule has 1 amide bonds. The normalized spacial score (nSPS) is 12.2. The van der Waals surface area contributed by atoms with E-state index in [0.29, 0.717) is 5.69 Å². The molecule has 0 aliphatic carbocycles. The monoisotopic (exact) mass is 209 g/mol. The van der Waals surface area contributed by atoms with Crippen LogP contribution in [0.25, 0.3) is 0 Å². The third kappa shape index (κ3) is 2.37. The Bertz CT molecular complexity index is 423. The number of nitrogen functional groups attached to an aromatic ring is 1. The van der Waals surface area contributed by atoms with Gasteiger partial charge in [0.2, 0.25) is 5.91 Å². The smallest absolute Gasteiger partial charge is 0.251 e. The predicted octanol–water partition coefficient (Wildman–Crippen LogP) is 0.0797. The fraction of sp³-hybridized carbons (Fsp3) is 0.400. The van der Waals surface area contributed by atoms with Crippen LogP contribution in [0.15, 0.2) is 23.1 Å². The van der Waals surface area contributed by atoms with Crippen molar-refractivity contribution >= 4 is 11.6 Å². The van der Waals surface area contributed by atoms with E-state index in [0.717, 1.165) is 0 Å². The highest BCUT2D eigenvalue weighted by Crippen LogP contribution is 2.07. The van der Waals surface area contributed by atoms with Gasteiger partial charge in [-0.1, -0.05) is 0 Å². The Labute approximate surface area is 88.1 Å². The van der Waals surface area contributed by atoms with Crippen molar-refractivity contribution in [3.05, 3.63) is 28.7 Å². The number of likely N-dealkylation sites (N-methyl/N-ethyl adjacent to an activating group) is 1. The summed E-state index contributed by atoms with van der Waals surface area (Å²) in [5.41, 5.74) is 5.79. The lowest BCUT2D eigenvalue weighted by Gasteiger charge is -2.19. The molecule has 0 aliphatic rings. The molecule has 0 saturated carbocycles. The third-order valence-corrected chi connectivity index (χ3v) is 2.18. The maximum atomic E-state index is 11.6. The lowest BCUT2D eigenvalue weighted by Crippen LogP contribution is -2.34. The minimum absolute atomic E-state index is 0.136. The summed E-state index contributed by atoms with van der Waals surface area (Å²) in [5.74, 6) is -0.136. The van der Waals surface area contributed by atoms with E-state index < -0.39 is 6.04 Å². The molecule has 0 saturated heterocycles. The van der Waals surface area contributed by atoms with Crippen LogP contribution < -0.4 is 11.3 Å². The molecule has 5 heteroatoms. The maximum absolute atomic E-state index is 11.6. The van der Waals surface area contributed by atoms with Crippen LogP contribution in [0.2, 0.25) is 0 Å². The summed E-state index contributed by atoms with van der Waals surface area (Å²) >= 11 is 0. The number of anilines is 1. The SMILES string of the molecule is CC(C(=O)N(C)C)n1cc(N)ccc1=O. The fourth-order valence-corrected chi connectivity index (χ4v) is 1.32. The highest BCUT2D eigenvalue weighted by atomic mass is 16.2. The molecule has 0 aromatic carbocycles. The Hall–Kier alpha value is -1.78. The van der Waals surface area contributed by atoms with E-state index in [1.165, 1.54) is 27.8 Å². The average Bonchev–Trinajstić information content (AvgIpc) is 2.19. The Balaban J connectivity index is 3.11. The van der Waals surface area contributed by atoms with Crippen molar-refractivity contribution in [2.24, 2.45) is 0 Å². The third-order valence-electron chi connectivity index (χ3n) is 2.18. The van der Waals surface area contributed by atoms with Crippen LogP contribution in [-0.4, -0.2) is 29.5 Å². The number of amides is 1. The predicted molar refractivity (Wildman–Crippen MR) is 58.5 cm³/mol. The largest absolute Gasteiger partial charge is 0.398 e. The van der Waals surface area contributed by atoms with Crippen LogP contribution >= 0.6 is 0 Å². The maximum Gasteiger partial charge on any atom is 0.251 e. The topological polar surface area (TPSA) is 68.3 Å². The van der Waals surface area contributed by atoms with E-state index >= 15 is 0 Å². The Morgan fingerprint density at radius 1 is 1.47 bits per heavy atom. The first kappa shape index (κ1) is 11.3. The second kappa shape index (κ2) is 4.16. The van der Waals surface area contributed by atoms with E-state index in [4.69, 9.17) is 5.73 Å². The van der Waals surface area contributed by atoms with Gasteiger partial charge in [0, 0.05) is 32.0 Å². The Morgan fingerprint density at radius 3 is 2.60 bits per heavy atom. The molecule has 15 heavy (non-hydrogen) atoms. The zero-order valence-corrected chi connectivity index (χ0v) is 9.10. The van der Waals surface area contributed by atoms with Gasteiger partial charge in [0.05, 0.1) is 0 Å². The zero-order valence-electron chi connectivity index (χ0n) is 9.10. The van der Waals surface area contributed by atoms with E-state index in [-0.39, 0.29) is 11.5 Å². The van der Waals surface area contributed by atoms with Crippen LogP contribution in [0.3, 0.4) is 0 Å². The molecule has 0 spiro atoms. The van der Waals surface area contributed by atoms with Crippen molar-refractivity contribution in [2.75, 3.05) is 19.8 Å². The molecule has 1 heterocycles. The average molecular weight is 209 g/mol. The second-order valence-corrected chi connectivity index (χ2v) is 3.62. The molecule has 1 aromatic heterocycles. The van der Waals surface area contributed by atoms with Gasteiger partial charge in [-0.05, 0) is 13.0 Å². The summed E-state index contributed by atoms with van der Waals surface area (Å²) in [7, 11) is 3.30. The van der Waals surface area contributed by atoms with E-state index in [9.17, 15) is 9.59 Å². The molecule has 1 unspecified atom stereocenters. The van der Waals surface area contributed by atoms with Gasteiger partial charge in [0.1, 0.15) is 6.04 Å². The molecule has 5 nitrogen and oxygen atoms in total. The Morgan fingerprint density at radius 2 is 2.07 bits per heavy atom. The second-order valence-electron chi connectivity index (χ2n) is 3.62. The molecule has 1 aromatic rings.